The molecule has 7 heteroatoms. The maximum Gasteiger partial charge on any atom is 0.257 e. The fourth-order valence-electron chi connectivity index (χ4n) is 2.89. The summed E-state index contributed by atoms with van der Waals surface area (Å²) in [7, 11) is -3.67. The first-order chi connectivity index (χ1) is 13.3. The van der Waals surface area contributed by atoms with Crippen molar-refractivity contribution in [1.29, 1.82) is 0 Å². The van der Waals surface area contributed by atoms with Crippen LogP contribution in [0, 0.1) is 0 Å². The number of nitrogens with one attached hydrogen (secondary N) is 1. The minimum absolute atomic E-state index is 0.0562. The van der Waals surface area contributed by atoms with Gasteiger partial charge in [-0.2, -0.15) is 4.31 Å². The van der Waals surface area contributed by atoms with E-state index in [1.807, 2.05) is 24.3 Å². The van der Waals surface area contributed by atoms with Crippen LogP contribution in [0.25, 0.3) is 0 Å². The zero-order valence-electron chi connectivity index (χ0n) is 16.5. The molecule has 0 fully saturated rings. The van der Waals surface area contributed by atoms with Crippen molar-refractivity contribution < 1.29 is 13.2 Å². The van der Waals surface area contributed by atoms with E-state index in [2.05, 4.69) is 12.2 Å². The van der Waals surface area contributed by atoms with Gasteiger partial charge in [0.15, 0.2) is 0 Å². The van der Waals surface area contributed by atoms with Crippen molar-refractivity contribution in [3.05, 3.63) is 58.6 Å². The molecule has 0 aliphatic heterocycles. The number of aryl methyl sites for hydroxylation is 1. The number of carbonyl (C=O) groups is 1. The van der Waals surface area contributed by atoms with Gasteiger partial charge in [0.2, 0.25) is 10.0 Å². The van der Waals surface area contributed by atoms with Crippen LogP contribution < -0.4 is 5.32 Å². The number of hydrogen-bond acceptors (Lipinski definition) is 3. The van der Waals surface area contributed by atoms with E-state index < -0.39 is 15.9 Å². The third kappa shape index (κ3) is 5.34. The third-order valence-corrected chi connectivity index (χ3v) is 6.93. The van der Waals surface area contributed by atoms with Gasteiger partial charge in [-0.25, -0.2) is 8.42 Å². The van der Waals surface area contributed by atoms with Gasteiger partial charge in [0, 0.05) is 18.8 Å². The Kier molecular flexibility index (Phi) is 8.04. The SMILES string of the molecule is CCCCc1ccc(NC(=O)c2cc(S(=O)(=O)N(CC)CC)ccc2Cl)cc1. The number of unbranched alkanes of at least 4 members (excludes halogenated alkanes) is 1. The average Bonchev–Trinajstić information content (AvgIpc) is 2.68. The summed E-state index contributed by atoms with van der Waals surface area (Å²) < 4.78 is 26.8. The molecule has 1 N–H and O–H groups in total. The van der Waals surface area contributed by atoms with Gasteiger partial charge < -0.3 is 5.32 Å². The van der Waals surface area contributed by atoms with Crippen molar-refractivity contribution in [3.8, 4) is 0 Å². The van der Waals surface area contributed by atoms with E-state index in [0.29, 0.717) is 18.8 Å². The zero-order valence-corrected chi connectivity index (χ0v) is 18.1. The summed E-state index contributed by atoms with van der Waals surface area (Å²) in [6.07, 6.45) is 3.25. The maximum absolute atomic E-state index is 12.7. The molecule has 0 heterocycles. The molecule has 5 nitrogen and oxygen atoms in total. The molecule has 0 radical (unpaired) electrons. The van der Waals surface area contributed by atoms with Crippen molar-refractivity contribution >= 4 is 33.2 Å². The molecular formula is C21H27ClN2O3S. The molecule has 0 saturated carbocycles. The molecule has 2 aromatic carbocycles. The Hall–Kier alpha value is -1.89. The molecule has 0 bridgehead atoms. The summed E-state index contributed by atoms with van der Waals surface area (Å²) in [5, 5.41) is 2.99. The quantitative estimate of drug-likeness (QED) is 0.620. The highest BCUT2D eigenvalue weighted by Gasteiger charge is 2.23. The summed E-state index contributed by atoms with van der Waals surface area (Å²) in [5.74, 6) is -0.442. The Morgan fingerprint density at radius 1 is 1.04 bits per heavy atom. The van der Waals surface area contributed by atoms with Crippen LogP contribution in [0.5, 0.6) is 0 Å². The summed E-state index contributed by atoms with van der Waals surface area (Å²) in [6, 6.07) is 11.8. The second-order valence-corrected chi connectivity index (χ2v) is 8.83. The van der Waals surface area contributed by atoms with Gasteiger partial charge in [-0.15, -0.1) is 0 Å². The lowest BCUT2D eigenvalue weighted by atomic mass is 10.1. The summed E-state index contributed by atoms with van der Waals surface area (Å²) in [5.41, 5.74) is 1.98. The number of amides is 1. The van der Waals surface area contributed by atoms with E-state index in [4.69, 9.17) is 11.6 Å². The highest BCUT2D eigenvalue weighted by molar-refractivity contribution is 7.89. The number of carbonyl (C=O) groups excluding carboxylic acids is 1. The van der Waals surface area contributed by atoms with Crippen molar-refractivity contribution in [2.75, 3.05) is 18.4 Å². The highest BCUT2D eigenvalue weighted by Crippen LogP contribution is 2.24. The van der Waals surface area contributed by atoms with Gasteiger partial charge in [-0.3, -0.25) is 4.79 Å². The largest absolute Gasteiger partial charge is 0.322 e. The van der Waals surface area contributed by atoms with E-state index in [0.717, 1.165) is 19.3 Å². The van der Waals surface area contributed by atoms with E-state index >= 15 is 0 Å². The topological polar surface area (TPSA) is 66.5 Å². The molecule has 0 aromatic heterocycles. The molecule has 0 spiro atoms. The minimum atomic E-state index is -3.67. The average molecular weight is 423 g/mol. The van der Waals surface area contributed by atoms with Crippen LogP contribution in [-0.2, 0) is 16.4 Å². The molecule has 0 saturated heterocycles. The van der Waals surface area contributed by atoms with Crippen molar-refractivity contribution in [2.45, 2.75) is 44.9 Å². The molecule has 28 heavy (non-hydrogen) atoms. The zero-order chi connectivity index (χ0) is 20.7. The van der Waals surface area contributed by atoms with Crippen LogP contribution in [0.2, 0.25) is 5.02 Å². The van der Waals surface area contributed by atoms with Gasteiger partial charge >= 0.3 is 0 Å². The fraction of sp³-hybridized carbons (Fsp3) is 0.381. The van der Waals surface area contributed by atoms with E-state index in [-0.39, 0.29) is 15.5 Å². The fourth-order valence-corrected chi connectivity index (χ4v) is 4.57. The van der Waals surface area contributed by atoms with Crippen molar-refractivity contribution in [1.82, 2.24) is 4.31 Å². The predicted molar refractivity (Wildman–Crippen MR) is 115 cm³/mol. The molecule has 2 rings (SSSR count). The normalized spacial score (nSPS) is 11.6. The molecule has 2 aromatic rings. The van der Waals surface area contributed by atoms with Crippen LogP contribution in [0.1, 0.15) is 49.5 Å². The smallest absolute Gasteiger partial charge is 0.257 e. The monoisotopic (exact) mass is 422 g/mol. The molecule has 1 amide bonds. The molecule has 0 atom stereocenters. The Balaban J connectivity index is 2.24. The van der Waals surface area contributed by atoms with Gasteiger partial charge in [0.05, 0.1) is 15.5 Å². The Labute approximate surface area is 172 Å². The van der Waals surface area contributed by atoms with Crippen LogP contribution in [0.4, 0.5) is 5.69 Å². The number of hydrogen-bond donors (Lipinski definition) is 1. The second kappa shape index (κ2) is 10.0. The molecule has 152 valence electrons. The molecule has 0 unspecified atom stereocenters. The maximum atomic E-state index is 12.7. The lowest BCUT2D eigenvalue weighted by Gasteiger charge is -2.19. The van der Waals surface area contributed by atoms with E-state index in [1.165, 1.54) is 28.1 Å². The Bertz CT molecular complexity index is 908. The molecule has 0 aliphatic carbocycles. The molecular weight excluding hydrogens is 396 g/mol. The van der Waals surface area contributed by atoms with E-state index in [1.54, 1.807) is 13.8 Å². The lowest BCUT2D eigenvalue weighted by molar-refractivity contribution is 0.102. The summed E-state index contributed by atoms with van der Waals surface area (Å²) >= 11 is 6.17. The van der Waals surface area contributed by atoms with Crippen LogP contribution in [0.3, 0.4) is 0 Å². The number of nitrogens with zero attached hydrogens (tertiary/aromatic N) is 1. The van der Waals surface area contributed by atoms with Gasteiger partial charge in [0.1, 0.15) is 0 Å². The minimum Gasteiger partial charge on any atom is -0.322 e. The first-order valence-electron chi connectivity index (χ1n) is 9.53. The Morgan fingerprint density at radius 2 is 1.68 bits per heavy atom. The number of anilines is 1. The summed E-state index contributed by atoms with van der Waals surface area (Å²) in [4.78, 5) is 12.7. The standard InChI is InChI=1S/C21H27ClN2O3S/c1-4-7-8-16-9-11-17(12-10-16)23-21(25)19-15-18(13-14-20(19)22)28(26,27)24(5-2)6-3/h9-15H,4-8H2,1-3H3,(H,23,25). The third-order valence-electron chi connectivity index (χ3n) is 4.56. The lowest BCUT2D eigenvalue weighted by Crippen LogP contribution is -2.30. The van der Waals surface area contributed by atoms with Crippen molar-refractivity contribution in [2.24, 2.45) is 0 Å². The first-order valence-corrected chi connectivity index (χ1v) is 11.3. The van der Waals surface area contributed by atoms with Gasteiger partial charge in [0.25, 0.3) is 5.91 Å². The van der Waals surface area contributed by atoms with E-state index in [9.17, 15) is 13.2 Å². The predicted octanol–water partition coefficient (Wildman–Crippen LogP) is 4.97. The second-order valence-electron chi connectivity index (χ2n) is 6.49. The first kappa shape index (κ1) is 22.4. The van der Waals surface area contributed by atoms with Gasteiger partial charge in [-0.05, 0) is 48.7 Å². The number of sulfonamides is 1. The van der Waals surface area contributed by atoms with Crippen LogP contribution in [-0.4, -0.2) is 31.7 Å². The van der Waals surface area contributed by atoms with Gasteiger partial charge in [-0.1, -0.05) is 50.9 Å². The summed E-state index contributed by atoms with van der Waals surface area (Å²) in [6.45, 7) is 6.40. The Morgan fingerprint density at radius 3 is 2.25 bits per heavy atom. The number of halogens is 1. The number of rotatable bonds is 9. The number of benzene rings is 2. The van der Waals surface area contributed by atoms with Crippen LogP contribution >= 0.6 is 11.6 Å². The highest BCUT2D eigenvalue weighted by atomic mass is 35.5. The van der Waals surface area contributed by atoms with Crippen LogP contribution in [0.15, 0.2) is 47.4 Å². The molecule has 0 aliphatic rings. The van der Waals surface area contributed by atoms with Crippen molar-refractivity contribution in [3.63, 3.8) is 0 Å².